The number of hydrogen-bond acceptors (Lipinski definition) is 7. The molecule has 1 atom stereocenters. The lowest BCUT2D eigenvalue weighted by Crippen LogP contribution is -2.36. The van der Waals surface area contributed by atoms with E-state index in [4.69, 9.17) is 20.3 Å². The molecule has 2 rings (SSSR count). The summed E-state index contributed by atoms with van der Waals surface area (Å²) in [5, 5.41) is 13.7. The van der Waals surface area contributed by atoms with Gasteiger partial charge in [-0.05, 0) is 30.9 Å². The number of pyridine rings is 1. The number of hydrogen-bond donors (Lipinski definition) is 4. The number of carbonyl (C=O) groups excluding carboxylic acids is 2. The Morgan fingerprint density at radius 2 is 2.21 bits per heavy atom. The van der Waals surface area contributed by atoms with Gasteiger partial charge in [-0.3, -0.25) is 20.1 Å². The molecule has 0 spiro atoms. The minimum atomic E-state index is -0.520. The molecule has 1 heterocycles. The number of nitrogens with two attached hydrogens (primary N) is 1. The highest BCUT2D eigenvalue weighted by atomic mass is 16.5. The van der Waals surface area contributed by atoms with Crippen molar-refractivity contribution in [3.8, 4) is 0 Å². The molecule has 1 aromatic heterocycles. The Hall–Kier alpha value is -2.72. The molecular weight excluding hydrogens is 378 g/mol. The molecule has 10 heteroatoms. The summed E-state index contributed by atoms with van der Waals surface area (Å²) in [6.45, 7) is 1.01. The molecule has 1 unspecified atom stereocenters. The van der Waals surface area contributed by atoms with Crippen molar-refractivity contribution in [1.29, 1.82) is 0 Å². The number of carbonyl (C=O) groups is 2. The Labute approximate surface area is 169 Å². The average Bonchev–Trinajstić information content (AvgIpc) is 2.93. The third-order valence-electron chi connectivity index (χ3n) is 4.55. The monoisotopic (exact) mass is 407 g/mol. The highest BCUT2D eigenvalue weighted by Gasteiger charge is 2.23. The van der Waals surface area contributed by atoms with Gasteiger partial charge in [-0.2, -0.15) is 0 Å². The number of rotatable bonds is 8. The highest BCUT2D eigenvalue weighted by Crippen LogP contribution is 2.29. The van der Waals surface area contributed by atoms with Crippen LogP contribution in [0.15, 0.2) is 17.3 Å². The van der Waals surface area contributed by atoms with E-state index in [1.807, 2.05) is 6.07 Å². The molecule has 0 radical (unpaired) electrons. The molecule has 1 aliphatic carbocycles. The van der Waals surface area contributed by atoms with E-state index in [1.54, 1.807) is 0 Å². The van der Waals surface area contributed by atoms with Gasteiger partial charge in [0.25, 0.3) is 5.91 Å². The quantitative estimate of drug-likeness (QED) is 0.210. The maximum absolute atomic E-state index is 12.2. The van der Waals surface area contributed by atoms with Gasteiger partial charge in [0.05, 0.1) is 31.1 Å². The third kappa shape index (κ3) is 7.31. The van der Waals surface area contributed by atoms with Crippen molar-refractivity contribution in [2.75, 3.05) is 40.0 Å². The fourth-order valence-electron chi connectivity index (χ4n) is 3.08. The van der Waals surface area contributed by atoms with Crippen molar-refractivity contribution < 1.29 is 24.2 Å². The molecule has 0 bridgehead atoms. The van der Waals surface area contributed by atoms with Crippen LogP contribution >= 0.6 is 0 Å². The summed E-state index contributed by atoms with van der Waals surface area (Å²) < 4.78 is 10.4. The van der Waals surface area contributed by atoms with Crippen molar-refractivity contribution in [3.05, 3.63) is 29.1 Å². The van der Waals surface area contributed by atoms with E-state index in [0.29, 0.717) is 18.7 Å². The summed E-state index contributed by atoms with van der Waals surface area (Å²) in [4.78, 5) is 32.3. The van der Waals surface area contributed by atoms with Crippen molar-refractivity contribution in [1.82, 2.24) is 15.6 Å². The van der Waals surface area contributed by atoms with Gasteiger partial charge in [-0.1, -0.05) is 6.42 Å². The largest absolute Gasteiger partial charge is 0.449 e. The number of aliphatic hydroxyl groups is 1. The van der Waals surface area contributed by atoms with Crippen LogP contribution in [0, 0.1) is 0 Å². The van der Waals surface area contributed by atoms with Gasteiger partial charge in [0.1, 0.15) is 6.61 Å². The molecule has 1 aromatic rings. The van der Waals surface area contributed by atoms with Gasteiger partial charge in [0, 0.05) is 25.7 Å². The van der Waals surface area contributed by atoms with Gasteiger partial charge in [-0.25, -0.2) is 4.79 Å². The lowest BCUT2D eigenvalue weighted by atomic mass is 9.98. The molecule has 29 heavy (non-hydrogen) atoms. The summed E-state index contributed by atoms with van der Waals surface area (Å²) in [6, 6.07) is 1.82. The summed E-state index contributed by atoms with van der Waals surface area (Å²) >= 11 is 0. The van der Waals surface area contributed by atoms with E-state index in [0.717, 1.165) is 36.9 Å². The smallest absolute Gasteiger partial charge is 0.407 e. The van der Waals surface area contributed by atoms with Gasteiger partial charge in [0.15, 0.2) is 5.96 Å². The number of nitrogens with one attached hydrogen (secondary N) is 2. The summed E-state index contributed by atoms with van der Waals surface area (Å²) in [5.41, 5.74) is 7.80. The summed E-state index contributed by atoms with van der Waals surface area (Å²) in [7, 11) is 1.49. The van der Waals surface area contributed by atoms with Crippen LogP contribution in [-0.2, 0) is 15.9 Å². The summed E-state index contributed by atoms with van der Waals surface area (Å²) in [6.07, 6.45) is 4.61. The van der Waals surface area contributed by atoms with E-state index in [2.05, 4.69) is 20.6 Å². The lowest BCUT2D eigenvalue weighted by molar-refractivity contribution is 0.0899. The van der Waals surface area contributed by atoms with Crippen LogP contribution in [0.5, 0.6) is 0 Å². The number of amides is 2. The Morgan fingerprint density at radius 3 is 2.97 bits per heavy atom. The van der Waals surface area contributed by atoms with Crippen LogP contribution < -0.4 is 16.4 Å². The second kappa shape index (κ2) is 12.0. The molecule has 0 saturated carbocycles. The molecule has 0 aromatic carbocycles. The third-order valence-corrected chi connectivity index (χ3v) is 4.55. The topological polar surface area (TPSA) is 148 Å². The molecule has 0 aliphatic heterocycles. The Morgan fingerprint density at radius 1 is 1.38 bits per heavy atom. The first-order chi connectivity index (χ1) is 14.0. The molecule has 5 N–H and O–H groups in total. The van der Waals surface area contributed by atoms with Crippen molar-refractivity contribution in [2.45, 2.75) is 31.6 Å². The van der Waals surface area contributed by atoms with Crippen LogP contribution in [-0.4, -0.2) is 68.1 Å². The molecular formula is C19H29N5O5. The Balaban J connectivity index is 1.94. The average molecular weight is 407 g/mol. The highest BCUT2D eigenvalue weighted by molar-refractivity contribution is 6.05. The van der Waals surface area contributed by atoms with Gasteiger partial charge in [0.2, 0.25) is 0 Å². The first-order valence-corrected chi connectivity index (χ1v) is 9.66. The number of aryl methyl sites for hydroxylation is 1. The second-order valence-electron chi connectivity index (χ2n) is 6.64. The number of guanidine groups is 1. The standard InChI is InChI=1S/C19H29N5O5/c1-21-18(20)24-17(26)15-10-13-4-2-3-5-14(16(13)23-11-15)12-29-19(27)22-6-8-28-9-7-25/h10-11,14,25H,2-9,12H2,1H3,(H,22,27)(H3,20,21,24,26). The molecule has 10 nitrogen and oxygen atoms in total. The minimum Gasteiger partial charge on any atom is -0.449 e. The first kappa shape index (κ1) is 22.6. The molecule has 1 aliphatic rings. The lowest BCUT2D eigenvalue weighted by Gasteiger charge is -2.17. The number of fused-ring (bicyclic) bond motifs is 1. The van der Waals surface area contributed by atoms with E-state index in [-0.39, 0.29) is 37.6 Å². The van der Waals surface area contributed by atoms with Crippen molar-refractivity contribution >= 4 is 18.0 Å². The zero-order valence-corrected chi connectivity index (χ0v) is 16.6. The van der Waals surface area contributed by atoms with E-state index >= 15 is 0 Å². The number of nitrogens with zero attached hydrogens (tertiary/aromatic N) is 2. The van der Waals surface area contributed by atoms with Crippen LogP contribution in [0.3, 0.4) is 0 Å². The fourth-order valence-corrected chi connectivity index (χ4v) is 3.08. The van der Waals surface area contributed by atoms with Gasteiger partial charge >= 0.3 is 6.09 Å². The summed E-state index contributed by atoms with van der Waals surface area (Å²) in [5.74, 6) is -0.337. The fraction of sp³-hybridized carbons (Fsp3) is 0.579. The van der Waals surface area contributed by atoms with Crippen LogP contribution in [0.2, 0.25) is 0 Å². The van der Waals surface area contributed by atoms with Gasteiger partial charge in [-0.15, -0.1) is 0 Å². The molecule has 2 amide bonds. The maximum Gasteiger partial charge on any atom is 0.407 e. The number of aliphatic imine (C=N–C) groups is 1. The van der Waals surface area contributed by atoms with Gasteiger partial charge < -0.3 is 25.6 Å². The predicted octanol–water partition coefficient (Wildman–Crippen LogP) is 0.301. The van der Waals surface area contributed by atoms with E-state index in [9.17, 15) is 9.59 Å². The zero-order chi connectivity index (χ0) is 21.1. The maximum atomic E-state index is 12.2. The number of aromatic nitrogens is 1. The molecule has 0 saturated heterocycles. The first-order valence-electron chi connectivity index (χ1n) is 9.66. The molecule has 0 fully saturated rings. The van der Waals surface area contributed by atoms with E-state index in [1.165, 1.54) is 13.2 Å². The van der Waals surface area contributed by atoms with Crippen molar-refractivity contribution in [3.63, 3.8) is 0 Å². The van der Waals surface area contributed by atoms with Crippen molar-refractivity contribution in [2.24, 2.45) is 10.7 Å². The Bertz CT molecular complexity index is 725. The van der Waals surface area contributed by atoms with E-state index < -0.39 is 6.09 Å². The van der Waals surface area contributed by atoms with Crippen LogP contribution in [0.4, 0.5) is 4.79 Å². The Kier molecular flexibility index (Phi) is 9.32. The van der Waals surface area contributed by atoms with Crippen LogP contribution in [0.1, 0.15) is 46.8 Å². The molecule has 160 valence electrons. The number of alkyl carbamates (subject to hydrolysis) is 1. The van der Waals surface area contributed by atoms with Crippen LogP contribution in [0.25, 0.3) is 0 Å². The second-order valence-corrected chi connectivity index (χ2v) is 6.64. The zero-order valence-electron chi connectivity index (χ0n) is 16.6. The predicted molar refractivity (Wildman–Crippen MR) is 107 cm³/mol. The number of ether oxygens (including phenoxy) is 2. The normalized spacial score (nSPS) is 16.5. The number of aliphatic hydroxyl groups excluding tert-OH is 1. The SMILES string of the molecule is CN=C(N)NC(=O)c1cnc2c(c1)CCCCC2COC(=O)NCCOCCO. The minimum absolute atomic E-state index is 0.0247.